The maximum atomic E-state index is 14.1. The molecule has 162 valence electrons. The zero-order chi connectivity index (χ0) is 20.7. The van der Waals surface area contributed by atoms with Gasteiger partial charge in [-0.15, -0.1) is 0 Å². The van der Waals surface area contributed by atoms with E-state index in [4.69, 9.17) is 4.74 Å². The summed E-state index contributed by atoms with van der Waals surface area (Å²) in [6.07, 6.45) is 4.80. The summed E-state index contributed by atoms with van der Waals surface area (Å²) in [5, 5.41) is 6.23. The van der Waals surface area contributed by atoms with Crippen LogP contribution >= 0.6 is 0 Å². The lowest BCUT2D eigenvalue weighted by Crippen LogP contribution is -2.44. The molecule has 29 heavy (non-hydrogen) atoms. The van der Waals surface area contributed by atoms with E-state index in [1.807, 2.05) is 12.1 Å². The molecule has 0 radical (unpaired) electrons. The molecule has 0 spiro atoms. The molecule has 0 aromatic heterocycles. The molecule has 1 aromatic rings. The molecule has 3 N–H and O–H groups in total. The predicted octanol–water partition coefficient (Wildman–Crippen LogP) is 1.51. The summed E-state index contributed by atoms with van der Waals surface area (Å²) in [5.74, 6) is 0.270. The van der Waals surface area contributed by atoms with Crippen LogP contribution in [0.5, 0.6) is 0 Å². The van der Waals surface area contributed by atoms with Crippen LogP contribution in [0.15, 0.2) is 29.3 Å². The number of nitrogens with one attached hydrogen (secondary N) is 3. The van der Waals surface area contributed by atoms with E-state index in [1.54, 1.807) is 13.1 Å². The lowest BCUT2D eigenvalue weighted by Gasteiger charge is -2.22. The normalized spacial score (nSPS) is 21.6. The van der Waals surface area contributed by atoms with E-state index in [-0.39, 0.29) is 29.6 Å². The first-order valence-electron chi connectivity index (χ1n) is 10.2. The predicted molar refractivity (Wildman–Crippen MR) is 112 cm³/mol. The molecule has 2 aliphatic rings. The van der Waals surface area contributed by atoms with Gasteiger partial charge >= 0.3 is 0 Å². The molecule has 1 atom stereocenters. The summed E-state index contributed by atoms with van der Waals surface area (Å²) in [7, 11) is -1.76. The number of aliphatic imine (C=N–C) groups is 1. The second kappa shape index (κ2) is 9.86. The minimum atomic E-state index is -3.39. The topological polar surface area (TPSA) is 91.8 Å². The Balaban J connectivity index is 1.41. The number of sulfonamides is 1. The highest BCUT2D eigenvalue weighted by Crippen LogP contribution is 2.48. The highest BCUT2D eigenvalue weighted by molar-refractivity contribution is 7.89. The summed E-state index contributed by atoms with van der Waals surface area (Å²) in [5.41, 5.74) is 0.510. The van der Waals surface area contributed by atoms with Gasteiger partial charge in [-0.05, 0) is 43.7 Å². The molecule has 1 aliphatic heterocycles. The Morgan fingerprint density at radius 2 is 2.07 bits per heavy atom. The fraction of sp³-hybridized carbons (Fsp3) is 0.650. The van der Waals surface area contributed by atoms with Gasteiger partial charge in [-0.25, -0.2) is 17.5 Å². The highest BCUT2D eigenvalue weighted by atomic mass is 32.2. The van der Waals surface area contributed by atoms with Crippen LogP contribution in [-0.4, -0.2) is 59.5 Å². The van der Waals surface area contributed by atoms with Gasteiger partial charge in [-0.3, -0.25) is 4.99 Å². The van der Waals surface area contributed by atoms with Crippen molar-refractivity contribution in [2.45, 2.75) is 43.6 Å². The van der Waals surface area contributed by atoms with Crippen LogP contribution in [0.3, 0.4) is 0 Å². The molecule has 1 aromatic carbocycles. The van der Waals surface area contributed by atoms with E-state index in [0.717, 1.165) is 37.7 Å². The van der Waals surface area contributed by atoms with Crippen molar-refractivity contribution in [2.75, 3.05) is 39.0 Å². The highest BCUT2D eigenvalue weighted by Gasteiger charge is 2.45. The van der Waals surface area contributed by atoms with Crippen LogP contribution in [0.4, 0.5) is 4.39 Å². The molecule has 1 heterocycles. The second-order valence-electron chi connectivity index (χ2n) is 7.77. The quantitative estimate of drug-likeness (QED) is 0.411. The number of hydrogen-bond donors (Lipinski definition) is 3. The summed E-state index contributed by atoms with van der Waals surface area (Å²) < 4.78 is 46.7. The Hall–Kier alpha value is -1.71. The van der Waals surface area contributed by atoms with E-state index in [2.05, 4.69) is 20.3 Å². The van der Waals surface area contributed by atoms with Crippen molar-refractivity contribution < 1.29 is 17.5 Å². The summed E-state index contributed by atoms with van der Waals surface area (Å²) >= 11 is 0. The van der Waals surface area contributed by atoms with E-state index in [0.29, 0.717) is 25.7 Å². The lowest BCUT2D eigenvalue weighted by molar-refractivity contribution is 0.0200. The average Bonchev–Trinajstić information content (AvgIpc) is 3.51. The Morgan fingerprint density at radius 3 is 2.72 bits per heavy atom. The van der Waals surface area contributed by atoms with Crippen molar-refractivity contribution in [3.05, 3.63) is 35.6 Å². The molecule has 1 saturated carbocycles. The van der Waals surface area contributed by atoms with Crippen molar-refractivity contribution in [1.29, 1.82) is 0 Å². The molecular formula is C20H31FN4O3S. The molecule has 3 rings (SSSR count). The van der Waals surface area contributed by atoms with E-state index < -0.39 is 10.0 Å². The third-order valence-corrected chi connectivity index (χ3v) is 6.93. The molecule has 1 unspecified atom stereocenters. The van der Waals surface area contributed by atoms with Crippen LogP contribution in [0, 0.1) is 5.82 Å². The Kier molecular flexibility index (Phi) is 7.48. The summed E-state index contributed by atoms with van der Waals surface area (Å²) in [6.45, 7) is 1.80. The molecule has 7 nitrogen and oxygen atoms in total. The van der Waals surface area contributed by atoms with Gasteiger partial charge in [0.25, 0.3) is 0 Å². The number of ether oxygens (including phenoxy) is 1. The van der Waals surface area contributed by atoms with Crippen molar-refractivity contribution in [3.63, 3.8) is 0 Å². The fourth-order valence-corrected chi connectivity index (χ4v) is 4.58. The molecule has 0 amide bonds. The number of benzene rings is 1. The first kappa shape index (κ1) is 22.0. The van der Waals surface area contributed by atoms with Crippen LogP contribution in [0.25, 0.3) is 0 Å². The third kappa shape index (κ3) is 6.38. The largest absolute Gasteiger partial charge is 0.377 e. The van der Waals surface area contributed by atoms with Gasteiger partial charge in [0, 0.05) is 38.7 Å². The Labute approximate surface area is 172 Å². The molecule has 2 fully saturated rings. The zero-order valence-corrected chi connectivity index (χ0v) is 17.7. The van der Waals surface area contributed by atoms with Crippen molar-refractivity contribution in [2.24, 2.45) is 4.99 Å². The van der Waals surface area contributed by atoms with E-state index in [1.165, 1.54) is 6.07 Å². The maximum Gasteiger partial charge on any atom is 0.213 e. The molecule has 9 heteroatoms. The fourth-order valence-electron chi connectivity index (χ4n) is 3.62. The monoisotopic (exact) mass is 426 g/mol. The smallest absolute Gasteiger partial charge is 0.213 e. The lowest BCUT2D eigenvalue weighted by atomic mass is 9.95. The standard InChI is InChI=1S/C20H31FN4O3S/c1-22-19(24-15-20(9-10-20)17-7-2-3-8-18(17)21)23-11-13-29(26,27)25-14-16-6-4-5-12-28-16/h2-3,7-8,16,25H,4-6,9-15H2,1H3,(H2,22,23,24). The molecular weight excluding hydrogens is 395 g/mol. The number of hydrogen-bond acceptors (Lipinski definition) is 4. The second-order valence-corrected chi connectivity index (χ2v) is 9.70. The summed E-state index contributed by atoms with van der Waals surface area (Å²) in [4.78, 5) is 4.14. The summed E-state index contributed by atoms with van der Waals surface area (Å²) in [6, 6.07) is 6.85. The minimum absolute atomic E-state index is 0.0333. The van der Waals surface area contributed by atoms with Crippen molar-refractivity contribution >= 4 is 16.0 Å². The number of rotatable bonds is 9. The first-order chi connectivity index (χ1) is 13.9. The van der Waals surface area contributed by atoms with Gasteiger partial charge in [-0.1, -0.05) is 18.2 Å². The van der Waals surface area contributed by atoms with Crippen LogP contribution in [-0.2, 0) is 20.2 Å². The van der Waals surface area contributed by atoms with Crippen molar-refractivity contribution in [3.8, 4) is 0 Å². The van der Waals surface area contributed by atoms with Gasteiger partial charge in [0.1, 0.15) is 5.82 Å². The van der Waals surface area contributed by atoms with Crippen molar-refractivity contribution in [1.82, 2.24) is 15.4 Å². The van der Waals surface area contributed by atoms with Gasteiger partial charge < -0.3 is 15.4 Å². The SMILES string of the molecule is CN=C(NCCS(=O)(=O)NCC1CCCCO1)NCC1(c2ccccc2F)CC1. The molecule has 1 aliphatic carbocycles. The zero-order valence-electron chi connectivity index (χ0n) is 16.9. The molecule has 1 saturated heterocycles. The van der Waals surface area contributed by atoms with Gasteiger partial charge in [-0.2, -0.15) is 0 Å². The van der Waals surface area contributed by atoms with Gasteiger partial charge in [0.2, 0.25) is 10.0 Å². The van der Waals surface area contributed by atoms with E-state index >= 15 is 0 Å². The Morgan fingerprint density at radius 1 is 1.28 bits per heavy atom. The molecule has 0 bridgehead atoms. The van der Waals surface area contributed by atoms with Gasteiger partial charge in [0.15, 0.2) is 5.96 Å². The maximum absolute atomic E-state index is 14.1. The Bertz CT molecular complexity index is 806. The minimum Gasteiger partial charge on any atom is -0.377 e. The van der Waals surface area contributed by atoms with Crippen LogP contribution < -0.4 is 15.4 Å². The number of halogens is 1. The number of guanidine groups is 1. The average molecular weight is 427 g/mol. The van der Waals surface area contributed by atoms with E-state index in [9.17, 15) is 12.8 Å². The first-order valence-corrected chi connectivity index (χ1v) is 11.9. The van der Waals surface area contributed by atoms with Gasteiger partial charge in [0.05, 0.1) is 11.9 Å². The van der Waals surface area contributed by atoms with Crippen LogP contribution in [0.2, 0.25) is 0 Å². The third-order valence-electron chi connectivity index (χ3n) is 5.58. The van der Waals surface area contributed by atoms with Crippen LogP contribution in [0.1, 0.15) is 37.7 Å². The number of nitrogens with zero attached hydrogens (tertiary/aromatic N) is 1.